The molecular weight excluding hydrogens is 969 g/mol. The summed E-state index contributed by atoms with van der Waals surface area (Å²) in [5.41, 5.74) is 0.0324. The normalized spacial score (nSPS) is 52.2. The van der Waals surface area contributed by atoms with Gasteiger partial charge in [-0.1, -0.05) is 52.3 Å². The highest BCUT2D eigenvalue weighted by Crippen LogP contribution is 2.67. The third kappa shape index (κ3) is 10.8. The molecule has 4 saturated heterocycles. The fourth-order valence-corrected chi connectivity index (χ4v) is 13.9. The number of aliphatic hydroxyl groups excluding tert-OH is 15. The highest BCUT2D eigenvalue weighted by atomic mass is 16.8. The first kappa shape index (κ1) is 57.7. The summed E-state index contributed by atoms with van der Waals surface area (Å²) in [6, 6.07) is 0. The van der Waals surface area contributed by atoms with Crippen molar-refractivity contribution in [3.63, 3.8) is 0 Å². The predicted molar refractivity (Wildman–Crippen MR) is 248 cm³/mol. The van der Waals surface area contributed by atoms with Crippen LogP contribution in [0.1, 0.15) is 72.6 Å². The summed E-state index contributed by atoms with van der Waals surface area (Å²) in [4.78, 5) is 0. The molecule has 7 fully saturated rings. The molecule has 4 aliphatic heterocycles. The molecule has 0 spiro atoms. The fraction of sp³-hybridized carbons (Fsp3) is 0.920. The number of rotatable bonds is 16. The van der Waals surface area contributed by atoms with Gasteiger partial charge in [0.15, 0.2) is 25.2 Å². The smallest absolute Gasteiger partial charge is 0.187 e. The monoisotopic (exact) mass is 1050 g/mol. The topological polar surface area (TPSA) is 377 Å². The maximum absolute atomic E-state index is 12.3. The van der Waals surface area contributed by atoms with Crippen LogP contribution in [0, 0.1) is 46.3 Å². The molecule has 8 rings (SSSR count). The molecule has 0 unspecified atom stereocenters. The van der Waals surface area contributed by atoms with E-state index in [1.165, 1.54) is 0 Å². The Morgan fingerprint density at radius 2 is 1.21 bits per heavy atom. The van der Waals surface area contributed by atoms with Crippen LogP contribution in [0.3, 0.4) is 0 Å². The van der Waals surface area contributed by atoms with Gasteiger partial charge in [-0.3, -0.25) is 0 Å². The lowest BCUT2D eigenvalue weighted by Crippen LogP contribution is -2.67. The number of allylic oxidation sites excluding steroid dienone is 2. The van der Waals surface area contributed by atoms with Crippen molar-refractivity contribution in [2.24, 2.45) is 46.3 Å². The van der Waals surface area contributed by atoms with Crippen LogP contribution in [-0.4, -0.2) is 245 Å². The molecule has 30 atom stereocenters. The summed E-state index contributed by atoms with van der Waals surface area (Å²) in [6.45, 7) is 5.54. The van der Waals surface area contributed by atoms with Gasteiger partial charge in [0, 0.05) is 12.5 Å². The lowest BCUT2D eigenvalue weighted by atomic mass is 9.46. The van der Waals surface area contributed by atoms with E-state index >= 15 is 0 Å². The predicted octanol–water partition coefficient (Wildman–Crippen LogP) is -3.99. The molecule has 8 aliphatic rings. The summed E-state index contributed by atoms with van der Waals surface area (Å²) < 4.78 is 47.7. The number of hydrogen-bond donors (Lipinski definition) is 15. The summed E-state index contributed by atoms with van der Waals surface area (Å²) in [5.74, 6) is 0.560. The van der Waals surface area contributed by atoms with Gasteiger partial charge in [-0.15, -0.1) is 0 Å². The van der Waals surface area contributed by atoms with Crippen molar-refractivity contribution in [2.75, 3.05) is 33.0 Å². The highest BCUT2D eigenvalue weighted by Gasteiger charge is 2.64. The van der Waals surface area contributed by atoms with Gasteiger partial charge in [0.25, 0.3) is 0 Å². The van der Waals surface area contributed by atoms with E-state index in [-0.39, 0.29) is 48.0 Å². The maximum atomic E-state index is 12.3. The maximum Gasteiger partial charge on any atom is 0.187 e. The molecule has 0 bridgehead atoms. The Morgan fingerprint density at radius 1 is 0.630 bits per heavy atom. The van der Waals surface area contributed by atoms with Crippen LogP contribution in [0.5, 0.6) is 0 Å². The fourth-order valence-electron chi connectivity index (χ4n) is 13.9. The van der Waals surface area contributed by atoms with Crippen LogP contribution in [0.4, 0.5) is 0 Å². The van der Waals surface area contributed by atoms with Gasteiger partial charge in [-0.2, -0.15) is 0 Å². The van der Waals surface area contributed by atoms with E-state index in [1.807, 2.05) is 6.08 Å². The molecule has 0 radical (unpaired) electrons. The van der Waals surface area contributed by atoms with Crippen molar-refractivity contribution < 1.29 is 114 Å². The quantitative estimate of drug-likeness (QED) is 0.0656. The first-order chi connectivity index (χ1) is 34.7. The molecule has 73 heavy (non-hydrogen) atoms. The molecular formula is C50H82O23. The molecule has 23 nitrogen and oxygen atoms in total. The van der Waals surface area contributed by atoms with Gasteiger partial charge in [0.2, 0.25) is 0 Å². The zero-order chi connectivity index (χ0) is 53.0. The standard InChI is InChI=1S/C50H82O23/c1-5-20(2)6-7-21(15-51)25-14-26(55)32-22-8-9-24-33(57)28(11-13-49(24,3)23(22)10-12-50(25,32)4)67-47-41(65)43(42(31(18-54)70-47)71-45-39(63)37(61)35(59)29(16-52)68-45)72-48-44(34(58)27(56)19-66-48)73-46-40(64)38(62)36(60)30(17-53)69-46/h6-7,9,20-23,25-48,51-65H,5,8,10-19H2,1-4H3/b7-6+/t20-,21+,22-,23+,25-,26+,27-,28+,29-,30-,31-,32-,33-,34-,35+,36+,37+,38+,39-,40-,41-,42-,43-,44+,45+,46-,47-,48+,49-,50-/m1/s1. The minimum atomic E-state index is -1.98. The second-order valence-corrected chi connectivity index (χ2v) is 22.5. The van der Waals surface area contributed by atoms with Crippen LogP contribution < -0.4 is 0 Å². The van der Waals surface area contributed by atoms with Gasteiger partial charge >= 0.3 is 0 Å². The van der Waals surface area contributed by atoms with Crippen LogP contribution in [0.2, 0.25) is 0 Å². The molecule has 23 heteroatoms. The van der Waals surface area contributed by atoms with E-state index in [2.05, 4.69) is 39.8 Å². The number of hydrogen-bond acceptors (Lipinski definition) is 23. The summed E-state index contributed by atoms with van der Waals surface area (Å²) in [5, 5.41) is 163. The van der Waals surface area contributed by atoms with Crippen molar-refractivity contribution in [2.45, 2.75) is 208 Å². The Morgan fingerprint density at radius 3 is 1.79 bits per heavy atom. The highest BCUT2D eigenvalue weighted by molar-refractivity contribution is 5.30. The van der Waals surface area contributed by atoms with Gasteiger partial charge in [-0.25, -0.2) is 0 Å². The van der Waals surface area contributed by atoms with Crippen molar-refractivity contribution in [1.29, 1.82) is 0 Å². The first-order valence-corrected chi connectivity index (χ1v) is 26.2. The number of ether oxygens (including phenoxy) is 8. The van der Waals surface area contributed by atoms with E-state index in [1.54, 1.807) is 0 Å². The Hall–Kier alpha value is -1.44. The largest absolute Gasteiger partial charge is 0.396 e. The van der Waals surface area contributed by atoms with Gasteiger partial charge in [0.1, 0.15) is 97.7 Å². The molecule has 4 aliphatic carbocycles. The Labute approximate surface area is 424 Å². The number of aliphatic hydroxyl groups is 15. The molecule has 0 aromatic rings. The second-order valence-electron chi connectivity index (χ2n) is 22.5. The average molecular weight is 1050 g/mol. The van der Waals surface area contributed by atoms with Gasteiger partial charge < -0.3 is 114 Å². The zero-order valence-corrected chi connectivity index (χ0v) is 41.9. The molecule has 3 saturated carbocycles. The molecule has 0 amide bonds. The molecule has 15 N–H and O–H groups in total. The lowest BCUT2D eigenvalue weighted by Gasteiger charge is -2.59. The van der Waals surface area contributed by atoms with Crippen LogP contribution in [0.25, 0.3) is 0 Å². The van der Waals surface area contributed by atoms with Crippen molar-refractivity contribution in [3.8, 4) is 0 Å². The number of fused-ring (bicyclic) bond motifs is 5. The van der Waals surface area contributed by atoms with E-state index in [0.717, 1.165) is 24.8 Å². The van der Waals surface area contributed by atoms with Crippen molar-refractivity contribution >= 4 is 0 Å². The minimum absolute atomic E-state index is 0.00453. The third-order valence-electron chi connectivity index (χ3n) is 18.4. The second kappa shape index (κ2) is 23.5. The lowest BCUT2D eigenvalue weighted by molar-refractivity contribution is -0.397. The van der Waals surface area contributed by atoms with Gasteiger partial charge in [0.05, 0.1) is 38.6 Å². The summed E-state index contributed by atoms with van der Waals surface area (Å²) in [6.07, 6.45) is -25.7. The van der Waals surface area contributed by atoms with E-state index in [4.69, 9.17) is 37.9 Å². The third-order valence-corrected chi connectivity index (χ3v) is 18.4. The van der Waals surface area contributed by atoms with Crippen molar-refractivity contribution in [1.82, 2.24) is 0 Å². The van der Waals surface area contributed by atoms with Crippen molar-refractivity contribution in [3.05, 3.63) is 23.8 Å². The Balaban J connectivity index is 1.04. The van der Waals surface area contributed by atoms with Crippen LogP contribution >= 0.6 is 0 Å². The molecule has 4 heterocycles. The van der Waals surface area contributed by atoms with E-state index in [0.29, 0.717) is 25.2 Å². The summed E-state index contributed by atoms with van der Waals surface area (Å²) >= 11 is 0. The average Bonchev–Trinajstić information content (AvgIpc) is 3.65. The van der Waals surface area contributed by atoms with Crippen LogP contribution in [-0.2, 0) is 37.9 Å². The molecule has 420 valence electrons. The minimum Gasteiger partial charge on any atom is -0.396 e. The zero-order valence-electron chi connectivity index (χ0n) is 41.9. The van der Waals surface area contributed by atoms with Crippen LogP contribution in [0.15, 0.2) is 23.8 Å². The van der Waals surface area contributed by atoms with Gasteiger partial charge in [-0.05, 0) is 84.5 Å². The van der Waals surface area contributed by atoms with E-state index in [9.17, 15) is 76.6 Å². The molecule has 0 aromatic carbocycles. The Bertz CT molecular complexity index is 1860. The SMILES string of the molecule is CC[C@@H](C)/C=C/[C@@H](CO)[C@H]1C[C@H](O)[C@H]2[C@@H]3CC=C4[C@@H](O)[C@@H](O[C@@H]5O[C@H](CO)[C@@H](O[C@@H]6O[C@H](CO)[C@H](O)[C@H](O)[C@H]6O)[C@H](O[C@@H]6OC[C@@H](O)[C@@H](O)[C@@H]6O[C@H]6O[C@H](CO)[C@H](O)[C@H](O)[C@H]6O)[C@H]5O)CC[C@]4(C)[C@H]3CC[C@@]21C. The van der Waals surface area contributed by atoms with E-state index < -0.39 is 167 Å². The first-order valence-electron chi connectivity index (χ1n) is 26.2. The molecule has 0 aromatic heterocycles. The Kier molecular flexibility index (Phi) is 18.6. The summed E-state index contributed by atoms with van der Waals surface area (Å²) in [7, 11) is 0.